The monoisotopic (exact) mass is 346 g/mol. The summed E-state index contributed by atoms with van der Waals surface area (Å²) in [6.07, 6.45) is 4.84. The summed E-state index contributed by atoms with van der Waals surface area (Å²) in [5, 5.41) is 0. The molecule has 2 aromatic carbocycles. The van der Waals surface area contributed by atoms with Gasteiger partial charge in [-0.1, -0.05) is 49.4 Å². The molecule has 134 valence electrons. The van der Waals surface area contributed by atoms with E-state index >= 15 is 0 Å². The molecule has 3 aromatic rings. The molecule has 0 bridgehead atoms. The van der Waals surface area contributed by atoms with Crippen LogP contribution < -0.4 is 4.74 Å². The first-order valence-corrected chi connectivity index (χ1v) is 9.09. The third-order valence-corrected chi connectivity index (χ3v) is 4.53. The van der Waals surface area contributed by atoms with Crippen molar-refractivity contribution in [2.24, 2.45) is 0 Å². The van der Waals surface area contributed by atoms with Crippen LogP contribution in [0.2, 0.25) is 0 Å². The first-order chi connectivity index (χ1) is 12.8. The Hall–Kier alpha value is -2.65. The second-order valence-electron chi connectivity index (χ2n) is 6.52. The number of benzene rings is 2. The van der Waals surface area contributed by atoms with Crippen molar-refractivity contribution in [1.82, 2.24) is 9.88 Å². The molecule has 0 atom stereocenters. The molecule has 0 spiro atoms. The van der Waals surface area contributed by atoms with E-state index in [0.717, 1.165) is 31.8 Å². The van der Waals surface area contributed by atoms with Gasteiger partial charge in [-0.25, -0.2) is 0 Å². The quantitative estimate of drug-likeness (QED) is 0.583. The van der Waals surface area contributed by atoms with E-state index in [9.17, 15) is 0 Å². The highest BCUT2D eigenvalue weighted by molar-refractivity contribution is 5.27. The van der Waals surface area contributed by atoms with Gasteiger partial charge in [-0.05, 0) is 46.9 Å². The van der Waals surface area contributed by atoms with E-state index in [1.165, 1.54) is 22.3 Å². The molecular formula is C23H26N2O. The molecule has 0 fully saturated rings. The minimum Gasteiger partial charge on any atom is -0.497 e. The van der Waals surface area contributed by atoms with Crippen molar-refractivity contribution < 1.29 is 4.74 Å². The van der Waals surface area contributed by atoms with Gasteiger partial charge in [0.15, 0.2) is 0 Å². The van der Waals surface area contributed by atoms with E-state index in [0.29, 0.717) is 0 Å². The third-order valence-electron chi connectivity index (χ3n) is 4.53. The highest BCUT2D eigenvalue weighted by Gasteiger charge is 2.09. The number of ether oxygens (including phenoxy) is 1. The molecule has 0 radical (unpaired) electrons. The fourth-order valence-electron chi connectivity index (χ4n) is 3.05. The van der Waals surface area contributed by atoms with E-state index in [1.807, 2.05) is 30.6 Å². The fourth-order valence-corrected chi connectivity index (χ4v) is 3.05. The van der Waals surface area contributed by atoms with Crippen LogP contribution in [-0.4, -0.2) is 17.0 Å². The van der Waals surface area contributed by atoms with Crippen molar-refractivity contribution in [2.45, 2.75) is 33.0 Å². The molecule has 0 aliphatic carbocycles. The van der Waals surface area contributed by atoms with Gasteiger partial charge in [0.1, 0.15) is 5.75 Å². The van der Waals surface area contributed by atoms with Crippen LogP contribution in [0.5, 0.6) is 5.75 Å². The predicted molar refractivity (Wildman–Crippen MR) is 106 cm³/mol. The summed E-state index contributed by atoms with van der Waals surface area (Å²) in [7, 11) is 1.70. The lowest BCUT2D eigenvalue weighted by Crippen LogP contribution is -2.22. The van der Waals surface area contributed by atoms with E-state index in [4.69, 9.17) is 4.74 Å². The lowest BCUT2D eigenvalue weighted by Gasteiger charge is -2.23. The zero-order valence-corrected chi connectivity index (χ0v) is 15.6. The first kappa shape index (κ1) is 18.2. The zero-order chi connectivity index (χ0) is 18.2. The SMILES string of the molecule is CCc1ccc(CN(Cc2ccc(OC)cc2)Cc2cccnc2)cc1. The summed E-state index contributed by atoms with van der Waals surface area (Å²) < 4.78 is 5.27. The Balaban J connectivity index is 1.75. The van der Waals surface area contributed by atoms with Crippen LogP contribution >= 0.6 is 0 Å². The Morgan fingerprint density at radius 2 is 1.35 bits per heavy atom. The second-order valence-corrected chi connectivity index (χ2v) is 6.52. The van der Waals surface area contributed by atoms with Gasteiger partial charge < -0.3 is 4.74 Å². The van der Waals surface area contributed by atoms with E-state index in [2.05, 4.69) is 59.3 Å². The van der Waals surface area contributed by atoms with Gasteiger partial charge in [0.25, 0.3) is 0 Å². The highest BCUT2D eigenvalue weighted by atomic mass is 16.5. The molecule has 3 rings (SSSR count). The molecule has 0 unspecified atom stereocenters. The number of hydrogen-bond acceptors (Lipinski definition) is 3. The standard InChI is InChI=1S/C23H26N2O/c1-3-19-6-8-20(9-7-19)16-25(18-22-5-4-14-24-15-22)17-21-10-12-23(26-2)13-11-21/h4-15H,3,16-18H2,1-2H3. The predicted octanol–water partition coefficient (Wildman–Crippen LogP) is 4.86. The average Bonchev–Trinajstić information content (AvgIpc) is 2.70. The summed E-state index contributed by atoms with van der Waals surface area (Å²) in [4.78, 5) is 6.70. The van der Waals surface area contributed by atoms with E-state index in [1.54, 1.807) is 7.11 Å². The van der Waals surface area contributed by atoms with Crippen LogP contribution in [0, 0.1) is 0 Å². The number of aryl methyl sites for hydroxylation is 1. The number of aromatic nitrogens is 1. The van der Waals surface area contributed by atoms with Gasteiger partial charge in [0.05, 0.1) is 7.11 Å². The summed E-state index contributed by atoms with van der Waals surface area (Å²) in [5.41, 5.74) is 5.22. The number of hydrogen-bond donors (Lipinski definition) is 0. The molecule has 0 amide bonds. The summed E-state index contributed by atoms with van der Waals surface area (Å²) in [6.45, 7) is 4.85. The maximum absolute atomic E-state index is 5.27. The van der Waals surface area contributed by atoms with Gasteiger partial charge in [0, 0.05) is 32.0 Å². The van der Waals surface area contributed by atoms with Crippen molar-refractivity contribution in [3.8, 4) is 5.75 Å². The molecular weight excluding hydrogens is 320 g/mol. The van der Waals surface area contributed by atoms with Gasteiger partial charge >= 0.3 is 0 Å². The molecule has 0 aliphatic rings. The maximum atomic E-state index is 5.27. The van der Waals surface area contributed by atoms with Crippen LogP contribution in [0.25, 0.3) is 0 Å². The van der Waals surface area contributed by atoms with Crippen LogP contribution in [-0.2, 0) is 26.1 Å². The summed E-state index contributed by atoms with van der Waals surface area (Å²) >= 11 is 0. The molecule has 0 saturated heterocycles. The molecule has 0 N–H and O–H groups in total. The van der Waals surface area contributed by atoms with Crippen molar-refractivity contribution in [1.29, 1.82) is 0 Å². The maximum Gasteiger partial charge on any atom is 0.118 e. The Bertz CT molecular complexity index is 733. The van der Waals surface area contributed by atoms with Crippen molar-refractivity contribution >= 4 is 0 Å². The molecule has 0 aliphatic heterocycles. The Morgan fingerprint density at radius 1 is 0.769 bits per heavy atom. The van der Waals surface area contributed by atoms with Crippen molar-refractivity contribution in [2.75, 3.05) is 7.11 Å². The summed E-state index contributed by atoms with van der Waals surface area (Å²) in [6, 6.07) is 21.4. The second kappa shape index (κ2) is 9.16. The minimum absolute atomic E-state index is 0.870. The number of methoxy groups -OCH3 is 1. The Morgan fingerprint density at radius 3 is 1.88 bits per heavy atom. The van der Waals surface area contributed by atoms with Crippen molar-refractivity contribution in [3.63, 3.8) is 0 Å². The smallest absolute Gasteiger partial charge is 0.118 e. The lowest BCUT2D eigenvalue weighted by molar-refractivity contribution is 0.247. The summed E-state index contributed by atoms with van der Waals surface area (Å²) in [5.74, 6) is 0.891. The topological polar surface area (TPSA) is 25.4 Å². The molecule has 1 heterocycles. The van der Waals surface area contributed by atoms with Crippen LogP contribution in [0.4, 0.5) is 0 Å². The van der Waals surface area contributed by atoms with Crippen molar-refractivity contribution in [3.05, 3.63) is 95.3 Å². The number of rotatable bonds is 8. The molecule has 3 nitrogen and oxygen atoms in total. The first-order valence-electron chi connectivity index (χ1n) is 9.09. The fraction of sp³-hybridized carbons (Fsp3) is 0.261. The minimum atomic E-state index is 0.870. The number of pyridine rings is 1. The lowest BCUT2D eigenvalue weighted by atomic mass is 10.1. The highest BCUT2D eigenvalue weighted by Crippen LogP contribution is 2.17. The Labute approximate surface area is 156 Å². The van der Waals surface area contributed by atoms with E-state index in [-0.39, 0.29) is 0 Å². The number of nitrogens with zero attached hydrogens (tertiary/aromatic N) is 2. The molecule has 3 heteroatoms. The van der Waals surface area contributed by atoms with Gasteiger partial charge in [-0.2, -0.15) is 0 Å². The van der Waals surface area contributed by atoms with Crippen LogP contribution in [0.15, 0.2) is 73.1 Å². The molecule has 1 aromatic heterocycles. The van der Waals surface area contributed by atoms with E-state index < -0.39 is 0 Å². The van der Waals surface area contributed by atoms with Gasteiger partial charge in [0.2, 0.25) is 0 Å². The van der Waals surface area contributed by atoms with Crippen LogP contribution in [0.1, 0.15) is 29.2 Å². The van der Waals surface area contributed by atoms with Gasteiger partial charge in [-0.3, -0.25) is 9.88 Å². The largest absolute Gasteiger partial charge is 0.497 e. The normalized spacial score (nSPS) is 10.9. The molecule has 26 heavy (non-hydrogen) atoms. The zero-order valence-electron chi connectivity index (χ0n) is 15.6. The average molecular weight is 346 g/mol. The van der Waals surface area contributed by atoms with Gasteiger partial charge in [-0.15, -0.1) is 0 Å². The third kappa shape index (κ3) is 5.17. The molecule has 0 saturated carbocycles. The van der Waals surface area contributed by atoms with Crippen LogP contribution in [0.3, 0.4) is 0 Å². The Kier molecular flexibility index (Phi) is 6.39.